The number of amides is 1. The molecule has 8 nitrogen and oxygen atoms in total. The van der Waals surface area contributed by atoms with E-state index in [0.717, 1.165) is 6.07 Å². The van der Waals surface area contributed by atoms with Crippen LogP contribution < -0.4 is 15.4 Å². The first-order valence-electron chi connectivity index (χ1n) is 7.23. The fraction of sp³-hybridized carbons (Fsp3) is 0.125. The van der Waals surface area contributed by atoms with Crippen LogP contribution in [-0.2, 0) is 0 Å². The number of hydrogen-bond donors (Lipinski definition) is 3. The maximum absolute atomic E-state index is 12.2. The average Bonchev–Trinajstić information content (AvgIpc) is 2.57. The standard InChI is InChI=1S/C16H15N3O5S/c1-2-24-12-5-3-4-10(8-12)15(21)18-16(25)17-13-7-6-11(19(22)23)9-14(13)20/h3-9,20H,2H2,1H3,(H2,17,18,21,25). The first-order valence-corrected chi connectivity index (χ1v) is 7.64. The van der Waals surface area contributed by atoms with E-state index in [1.54, 1.807) is 24.3 Å². The zero-order valence-corrected chi connectivity index (χ0v) is 14.0. The monoisotopic (exact) mass is 361 g/mol. The number of rotatable bonds is 5. The molecule has 2 rings (SSSR count). The molecule has 0 aliphatic rings. The summed E-state index contributed by atoms with van der Waals surface area (Å²) in [4.78, 5) is 22.2. The Kier molecular flexibility index (Phi) is 5.85. The number of nitrogens with zero attached hydrogens (tertiary/aromatic N) is 1. The lowest BCUT2D eigenvalue weighted by Gasteiger charge is -2.11. The van der Waals surface area contributed by atoms with Gasteiger partial charge in [-0.1, -0.05) is 6.07 Å². The number of aromatic hydroxyl groups is 1. The highest BCUT2D eigenvalue weighted by atomic mass is 32.1. The molecule has 0 aliphatic heterocycles. The van der Waals surface area contributed by atoms with Crippen molar-refractivity contribution < 1.29 is 19.6 Å². The third-order valence-corrected chi connectivity index (χ3v) is 3.28. The lowest BCUT2D eigenvalue weighted by molar-refractivity contribution is -0.384. The summed E-state index contributed by atoms with van der Waals surface area (Å²) in [6.07, 6.45) is 0. The second-order valence-corrected chi connectivity index (χ2v) is 5.24. The topological polar surface area (TPSA) is 114 Å². The number of nitro groups is 1. The molecule has 0 radical (unpaired) electrons. The molecular formula is C16H15N3O5S. The molecule has 0 atom stereocenters. The Morgan fingerprint density at radius 2 is 2.08 bits per heavy atom. The molecule has 0 saturated carbocycles. The van der Waals surface area contributed by atoms with Gasteiger partial charge in [0.25, 0.3) is 11.6 Å². The highest BCUT2D eigenvalue weighted by Gasteiger charge is 2.13. The molecule has 0 spiro atoms. The molecule has 0 unspecified atom stereocenters. The normalized spacial score (nSPS) is 9.96. The molecule has 0 aromatic heterocycles. The Balaban J connectivity index is 2.03. The van der Waals surface area contributed by atoms with Crippen molar-refractivity contribution in [3.63, 3.8) is 0 Å². The average molecular weight is 361 g/mol. The Morgan fingerprint density at radius 3 is 2.72 bits per heavy atom. The van der Waals surface area contributed by atoms with Crippen LogP contribution in [-0.4, -0.2) is 27.7 Å². The van der Waals surface area contributed by atoms with Crippen molar-refractivity contribution in [2.75, 3.05) is 11.9 Å². The van der Waals surface area contributed by atoms with Crippen molar-refractivity contribution in [3.8, 4) is 11.5 Å². The maximum Gasteiger partial charge on any atom is 0.273 e. The van der Waals surface area contributed by atoms with E-state index in [1.165, 1.54) is 12.1 Å². The van der Waals surface area contributed by atoms with Crippen molar-refractivity contribution in [2.24, 2.45) is 0 Å². The van der Waals surface area contributed by atoms with Crippen LogP contribution in [0.4, 0.5) is 11.4 Å². The van der Waals surface area contributed by atoms with Crippen LogP contribution in [0.15, 0.2) is 42.5 Å². The fourth-order valence-electron chi connectivity index (χ4n) is 1.96. The van der Waals surface area contributed by atoms with Gasteiger partial charge in [0, 0.05) is 11.6 Å². The van der Waals surface area contributed by atoms with Gasteiger partial charge in [0.05, 0.1) is 23.3 Å². The van der Waals surface area contributed by atoms with Crippen LogP contribution in [0.2, 0.25) is 0 Å². The number of phenolic OH excluding ortho intramolecular Hbond substituents is 1. The van der Waals surface area contributed by atoms with Gasteiger partial charge in [-0.2, -0.15) is 0 Å². The van der Waals surface area contributed by atoms with Gasteiger partial charge < -0.3 is 15.2 Å². The number of nitrogens with one attached hydrogen (secondary N) is 2. The van der Waals surface area contributed by atoms with Gasteiger partial charge >= 0.3 is 0 Å². The van der Waals surface area contributed by atoms with Crippen molar-refractivity contribution in [1.29, 1.82) is 0 Å². The molecule has 0 heterocycles. The molecule has 1 amide bonds. The summed E-state index contributed by atoms with van der Waals surface area (Å²) in [7, 11) is 0. The zero-order chi connectivity index (χ0) is 18.4. The minimum atomic E-state index is -0.630. The van der Waals surface area contributed by atoms with E-state index in [9.17, 15) is 20.0 Å². The minimum absolute atomic E-state index is 0.0593. The largest absolute Gasteiger partial charge is 0.506 e. The van der Waals surface area contributed by atoms with Crippen LogP contribution in [0.25, 0.3) is 0 Å². The molecule has 2 aromatic rings. The summed E-state index contributed by atoms with van der Waals surface area (Å²) in [5.41, 5.74) is 0.229. The van der Waals surface area contributed by atoms with Crippen LogP contribution in [0.5, 0.6) is 11.5 Å². The Labute approximate surface area is 148 Å². The van der Waals surface area contributed by atoms with Gasteiger partial charge in [-0.05, 0) is 43.4 Å². The number of phenols is 1. The summed E-state index contributed by atoms with van der Waals surface area (Å²) >= 11 is 5.02. The van der Waals surface area contributed by atoms with Gasteiger partial charge in [-0.15, -0.1) is 0 Å². The van der Waals surface area contributed by atoms with E-state index in [-0.39, 0.29) is 22.2 Å². The van der Waals surface area contributed by atoms with Gasteiger partial charge in [0.1, 0.15) is 11.5 Å². The second-order valence-electron chi connectivity index (χ2n) is 4.83. The lowest BCUT2D eigenvalue weighted by Crippen LogP contribution is -2.34. The summed E-state index contributed by atoms with van der Waals surface area (Å²) in [6, 6.07) is 10.1. The zero-order valence-electron chi connectivity index (χ0n) is 13.2. The number of nitro benzene ring substituents is 1. The van der Waals surface area contributed by atoms with Crippen LogP contribution in [0.3, 0.4) is 0 Å². The van der Waals surface area contributed by atoms with E-state index in [0.29, 0.717) is 17.9 Å². The molecule has 9 heteroatoms. The predicted molar refractivity (Wildman–Crippen MR) is 96.1 cm³/mol. The summed E-state index contributed by atoms with van der Waals surface area (Å²) < 4.78 is 5.33. The number of carbonyl (C=O) groups excluding carboxylic acids is 1. The third-order valence-electron chi connectivity index (χ3n) is 3.07. The highest BCUT2D eigenvalue weighted by Crippen LogP contribution is 2.27. The minimum Gasteiger partial charge on any atom is -0.506 e. The molecule has 0 saturated heterocycles. The Hall–Kier alpha value is -3.20. The quantitative estimate of drug-likeness (QED) is 0.325. The molecule has 0 fully saturated rings. The first-order chi connectivity index (χ1) is 11.9. The van der Waals surface area contributed by atoms with E-state index < -0.39 is 10.8 Å². The van der Waals surface area contributed by atoms with Crippen molar-refractivity contribution >= 4 is 34.6 Å². The highest BCUT2D eigenvalue weighted by molar-refractivity contribution is 7.80. The number of carbonyl (C=O) groups is 1. The Bertz CT molecular complexity index is 825. The molecule has 2 aromatic carbocycles. The second kappa shape index (κ2) is 8.06. The Morgan fingerprint density at radius 1 is 1.32 bits per heavy atom. The van der Waals surface area contributed by atoms with E-state index in [2.05, 4.69) is 10.6 Å². The van der Waals surface area contributed by atoms with Crippen LogP contribution >= 0.6 is 12.2 Å². The number of anilines is 1. The van der Waals surface area contributed by atoms with Gasteiger partial charge in [-0.25, -0.2) is 0 Å². The number of hydrogen-bond acceptors (Lipinski definition) is 6. The SMILES string of the molecule is CCOc1cccc(C(=O)NC(=S)Nc2ccc([N+](=O)[O-])cc2O)c1. The lowest BCUT2D eigenvalue weighted by atomic mass is 10.2. The third kappa shape index (κ3) is 4.88. The first kappa shape index (κ1) is 18.1. The number of benzene rings is 2. The van der Waals surface area contributed by atoms with E-state index in [4.69, 9.17) is 17.0 Å². The molecule has 130 valence electrons. The van der Waals surface area contributed by atoms with Crippen LogP contribution in [0, 0.1) is 10.1 Å². The van der Waals surface area contributed by atoms with Gasteiger partial charge in [0.2, 0.25) is 0 Å². The van der Waals surface area contributed by atoms with Gasteiger partial charge in [-0.3, -0.25) is 20.2 Å². The summed E-state index contributed by atoms with van der Waals surface area (Å²) in [6.45, 7) is 2.31. The number of ether oxygens (including phenoxy) is 1. The van der Waals surface area contributed by atoms with E-state index in [1.807, 2.05) is 6.92 Å². The van der Waals surface area contributed by atoms with Crippen molar-refractivity contribution in [2.45, 2.75) is 6.92 Å². The maximum atomic E-state index is 12.2. The smallest absolute Gasteiger partial charge is 0.273 e. The number of non-ortho nitro benzene ring substituents is 1. The molecule has 3 N–H and O–H groups in total. The van der Waals surface area contributed by atoms with Crippen molar-refractivity contribution in [1.82, 2.24) is 5.32 Å². The molecule has 0 bridgehead atoms. The van der Waals surface area contributed by atoms with Gasteiger partial charge in [0.15, 0.2) is 5.11 Å². The molecule has 0 aliphatic carbocycles. The van der Waals surface area contributed by atoms with Crippen LogP contribution in [0.1, 0.15) is 17.3 Å². The summed E-state index contributed by atoms with van der Waals surface area (Å²) in [5, 5.41) is 25.4. The summed E-state index contributed by atoms with van der Waals surface area (Å²) in [5.74, 6) is -0.258. The molecular weight excluding hydrogens is 346 g/mol. The fourth-order valence-corrected chi connectivity index (χ4v) is 2.16. The number of thiocarbonyl (C=S) groups is 1. The predicted octanol–water partition coefficient (Wildman–Crippen LogP) is 2.83. The van der Waals surface area contributed by atoms with E-state index >= 15 is 0 Å². The molecule has 25 heavy (non-hydrogen) atoms. The van der Waals surface area contributed by atoms with Crippen molar-refractivity contribution in [3.05, 3.63) is 58.1 Å².